The Bertz CT molecular complexity index is 533. The molecule has 0 radical (unpaired) electrons. The summed E-state index contributed by atoms with van der Waals surface area (Å²) >= 11 is 0. The third kappa shape index (κ3) is 3.56. The van der Waals surface area contributed by atoms with Gasteiger partial charge >= 0.3 is 0 Å². The number of amides is 1. The summed E-state index contributed by atoms with van der Waals surface area (Å²) in [6.07, 6.45) is -0.368. The maximum absolute atomic E-state index is 12.4. The lowest BCUT2D eigenvalue weighted by atomic mass is 10.2. The summed E-state index contributed by atoms with van der Waals surface area (Å²) in [6, 6.07) is 7.23. The van der Waals surface area contributed by atoms with E-state index in [-0.39, 0.29) is 18.3 Å². The molecule has 114 valence electrons. The van der Waals surface area contributed by atoms with Crippen LogP contribution in [0, 0.1) is 0 Å². The fourth-order valence-corrected chi connectivity index (χ4v) is 2.07. The van der Waals surface area contributed by atoms with E-state index in [0.29, 0.717) is 31.0 Å². The van der Waals surface area contributed by atoms with Gasteiger partial charge in [0.2, 0.25) is 6.10 Å². The summed E-state index contributed by atoms with van der Waals surface area (Å²) < 4.78 is 11.2. The number of benzene rings is 1. The van der Waals surface area contributed by atoms with E-state index in [1.807, 2.05) is 19.1 Å². The largest absolute Gasteiger partial charge is 0.485 e. The Kier molecular flexibility index (Phi) is 4.86. The lowest BCUT2D eigenvalue weighted by Gasteiger charge is -2.30. The highest BCUT2D eigenvalue weighted by atomic mass is 16.6. The van der Waals surface area contributed by atoms with Gasteiger partial charge in [0.25, 0.3) is 5.91 Å². The van der Waals surface area contributed by atoms with Crippen molar-refractivity contribution in [1.82, 2.24) is 4.90 Å². The predicted molar refractivity (Wildman–Crippen MR) is 76.6 cm³/mol. The Morgan fingerprint density at radius 3 is 2.86 bits per heavy atom. The summed E-state index contributed by atoms with van der Waals surface area (Å²) in [5, 5.41) is 11.4. The first-order valence-electron chi connectivity index (χ1n) is 6.79. The minimum atomic E-state index is -0.674. The second-order valence-electron chi connectivity index (χ2n) is 4.62. The molecule has 1 aromatic rings. The van der Waals surface area contributed by atoms with E-state index in [9.17, 15) is 4.79 Å². The molecule has 1 aliphatic rings. The van der Waals surface area contributed by atoms with Gasteiger partial charge in [-0.3, -0.25) is 4.79 Å². The average Bonchev–Trinajstić information content (AvgIpc) is 2.54. The number of amidine groups is 1. The van der Waals surface area contributed by atoms with Gasteiger partial charge < -0.3 is 25.3 Å². The van der Waals surface area contributed by atoms with Gasteiger partial charge in [0.15, 0.2) is 11.5 Å². The van der Waals surface area contributed by atoms with E-state index < -0.39 is 6.10 Å². The van der Waals surface area contributed by atoms with E-state index in [4.69, 9.17) is 20.4 Å². The summed E-state index contributed by atoms with van der Waals surface area (Å²) in [5.74, 6) is 1.13. The molecule has 0 bridgehead atoms. The Labute approximate surface area is 122 Å². The normalized spacial score (nSPS) is 17.4. The highest BCUT2D eigenvalue weighted by Crippen LogP contribution is 2.31. The lowest BCUT2D eigenvalue weighted by Crippen LogP contribution is -2.47. The second-order valence-corrected chi connectivity index (χ2v) is 4.62. The number of likely N-dealkylation sites (N-methyl/N-ethyl adjacent to an activating group) is 1. The summed E-state index contributed by atoms with van der Waals surface area (Å²) in [6.45, 7) is 2.92. The number of hydrogen-bond donors (Lipinski definition) is 2. The van der Waals surface area contributed by atoms with Crippen molar-refractivity contribution in [1.29, 1.82) is 0 Å². The minimum absolute atomic E-state index is 0.0902. The molecule has 0 aromatic heterocycles. The first-order valence-corrected chi connectivity index (χ1v) is 6.79. The number of fused-ring (bicyclic) bond motifs is 1. The van der Waals surface area contributed by atoms with E-state index in [1.165, 1.54) is 0 Å². The number of rotatable bonds is 5. The molecule has 1 aromatic carbocycles. The zero-order valence-corrected chi connectivity index (χ0v) is 11.9. The number of oxime groups is 1. The van der Waals surface area contributed by atoms with Crippen LogP contribution in [-0.2, 0) is 4.79 Å². The molecular formula is C14H19N3O4. The van der Waals surface area contributed by atoms with Crippen LogP contribution in [0.15, 0.2) is 29.4 Å². The molecular weight excluding hydrogens is 274 g/mol. The van der Waals surface area contributed by atoms with Crippen LogP contribution in [0.5, 0.6) is 11.5 Å². The van der Waals surface area contributed by atoms with Gasteiger partial charge in [0.05, 0.1) is 0 Å². The molecule has 1 atom stereocenters. The van der Waals surface area contributed by atoms with Gasteiger partial charge in [-0.05, 0) is 19.1 Å². The standard InChI is InChI=1S/C14H19N3O4/c1-2-17(8-7-13(15)16-19)14(18)12-9-20-10-5-3-4-6-11(10)21-12/h3-6,12,19H,2,7-9H2,1H3,(H2,15,16). The number of ether oxygens (including phenoxy) is 2. The van der Waals surface area contributed by atoms with Gasteiger partial charge in [-0.15, -0.1) is 0 Å². The molecule has 0 aliphatic carbocycles. The van der Waals surface area contributed by atoms with E-state index in [0.717, 1.165) is 0 Å². The van der Waals surface area contributed by atoms with Crippen molar-refractivity contribution < 1.29 is 19.5 Å². The van der Waals surface area contributed by atoms with Crippen molar-refractivity contribution in [3.63, 3.8) is 0 Å². The Balaban J connectivity index is 1.99. The maximum atomic E-state index is 12.4. The van der Waals surface area contributed by atoms with Gasteiger partial charge in [-0.2, -0.15) is 0 Å². The number of para-hydroxylation sites is 2. The highest BCUT2D eigenvalue weighted by molar-refractivity contribution is 5.83. The third-order valence-corrected chi connectivity index (χ3v) is 3.24. The Morgan fingerprint density at radius 1 is 1.48 bits per heavy atom. The van der Waals surface area contributed by atoms with E-state index in [1.54, 1.807) is 17.0 Å². The van der Waals surface area contributed by atoms with Gasteiger partial charge in [0.1, 0.15) is 12.4 Å². The molecule has 1 amide bonds. The van der Waals surface area contributed by atoms with Gasteiger partial charge in [-0.1, -0.05) is 17.3 Å². The highest BCUT2D eigenvalue weighted by Gasteiger charge is 2.30. The van der Waals surface area contributed by atoms with Crippen LogP contribution in [0.4, 0.5) is 0 Å². The zero-order chi connectivity index (χ0) is 15.2. The SMILES string of the molecule is CCN(CCC(N)=NO)C(=O)C1COc2ccccc2O1. The molecule has 21 heavy (non-hydrogen) atoms. The zero-order valence-electron chi connectivity index (χ0n) is 11.9. The van der Waals surface area contributed by atoms with Crippen LogP contribution < -0.4 is 15.2 Å². The molecule has 0 saturated carbocycles. The van der Waals surface area contributed by atoms with E-state index in [2.05, 4.69) is 5.16 Å². The quantitative estimate of drug-likeness (QED) is 0.362. The molecule has 1 unspecified atom stereocenters. The van der Waals surface area contributed by atoms with Crippen molar-refractivity contribution in [2.75, 3.05) is 19.7 Å². The average molecular weight is 293 g/mol. The Hall–Kier alpha value is -2.44. The fourth-order valence-electron chi connectivity index (χ4n) is 2.07. The number of nitrogens with two attached hydrogens (primary N) is 1. The monoisotopic (exact) mass is 293 g/mol. The molecule has 3 N–H and O–H groups in total. The number of nitrogens with zero attached hydrogens (tertiary/aromatic N) is 2. The van der Waals surface area contributed by atoms with Crippen molar-refractivity contribution in [3.8, 4) is 11.5 Å². The van der Waals surface area contributed by atoms with Crippen LogP contribution in [0.1, 0.15) is 13.3 Å². The minimum Gasteiger partial charge on any atom is -0.485 e. The summed E-state index contributed by atoms with van der Waals surface area (Å²) in [7, 11) is 0. The topological polar surface area (TPSA) is 97.4 Å². The molecule has 0 spiro atoms. The molecule has 7 nitrogen and oxygen atoms in total. The summed E-state index contributed by atoms with van der Waals surface area (Å²) in [5.41, 5.74) is 5.42. The number of carbonyl (C=O) groups excluding carboxylic acids is 1. The van der Waals surface area contributed by atoms with Crippen LogP contribution >= 0.6 is 0 Å². The molecule has 2 rings (SSSR count). The second kappa shape index (κ2) is 6.83. The van der Waals surface area contributed by atoms with Crippen LogP contribution in [0.3, 0.4) is 0 Å². The van der Waals surface area contributed by atoms with Crippen molar-refractivity contribution in [2.45, 2.75) is 19.4 Å². The first-order chi connectivity index (χ1) is 10.2. The first kappa shape index (κ1) is 15.0. The number of hydrogen-bond acceptors (Lipinski definition) is 5. The van der Waals surface area contributed by atoms with Crippen LogP contribution in [0.25, 0.3) is 0 Å². The maximum Gasteiger partial charge on any atom is 0.267 e. The summed E-state index contributed by atoms with van der Waals surface area (Å²) in [4.78, 5) is 14.0. The predicted octanol–water partition coefficient (Wildman–Crippen LogP) is 0.811. The van der Waals surface area contributed by atoms with Crippen molar-refractivity contribution in [3.05, 3.63) is 24.3 Å². The van der Waals surface area contributed by atoms with Gasteiger partial charge in [0, 0.05) is 19.5 Å². The van der Waals surface area contributed by atoms with E-state index >= 15 is 0 Å². The van der Waals surface area contributed by atoms with Crippen LogP contribution in [0.2, 0.25) is 0 Å². The lowest BCUT2D eigenvalue weighted by molar-refractivity contribution is -0.140. The van der Waals surface area contributed by atoms with Gasteiger partial charge in [-0.25, -0.2) is 0 Å². The van der Waals surface area contributed by atoms with Crippen molar-refractivity contribution in [2.24, 2.45) is 10.9 Å². The number of carbonyl (C=O) groups is 1. The molecule has 7 heteroatoms. The Morgan fingerprint density at radius 2 is 2.19 bits per heavy atom. The molecule has 0 fully saturated rings. The van der Waals surface area contributed by atoms with Crippen LogP contribution in [-0.4, -0.2) is 47.7 Å². The van der Waals surface area contributed by atoms with Crippen molar-refractivity contribution >= 4 is 11.7 Å². The third-order valence-electron chi connectivity index (χ3n) is 3.24. The fraction of sp³-hybridized carbons (Fsp3) is 0.429. The molecule has 1 aliphatic heterocycles. The molecule has 0 saturated heterocycles. The molecule has 1 heterocycles. The smallest absolute Gasteiger partial charge is 0.267 e.